The van der Waals surface area contributed by atoms with Crippen LogP contribution in [0.2, 0.25) is 0 Å². The Balaban J connectivity index is 1.81. The largest absolute Gasteiger partial charge is 0.486 e. The number of rotatable bonds is 4. The zero-order chi connectivity index (χ0) is 14.8. The minimum Gasteiger partial charge on any atom is -0.486 e. The lowest BCUT2D eigenvalue weighted by Gasteiger charge is -2.21. The molecular formula is C15H17BrN2O3. The second-order valence-corrected chi connectivity index (χ2v) is 5.81. The van der Waals surface area contributed by atoms with Crippen molar-refractivity contribution in [3.63, 3.8) is 0 Å². The number of aliphatic hydroxyl groups excluding tert-OH is 1. The fourth-order valence-electron chi connectivity index (χ4n) is 2.35. The van der Waals surface area contributed by atoms with Gasteiger partial charge in [0.1, 0.15) is 13.2 Å². The number of nitrogens with zero attached hydrogens (tertiary/aromatic N) is 2. The number of aliphatic hydroxyl groups is 1. The summed E-state index contributed by atoms with van der Waals surface area (Å²) in [5.74, 6) is 1.38. The predicted molar refractivity (Wildman–Crippen MR) is 81.7 cm³/mol. The van der Waals surface area contributed by atoms with Crippen LogP contribution in [0.25, 0.3) is 0 Å². The lowest BCUT2D eigenvalue weighted by atomic mass is 10.0. The summed E-state index contributed by atoms with van der Waals surface area (Å²) in [6, 6.07) is 3.72. The Morgan fingerprint density at radius 1 is 1.38 bits per heavy atom. The molecule has 21 heavy (non-hydrogen) atoms. The van der Waals surface area contributed by atoms with Gasteiger partial charge in [-0.1, -0.05) is 0 Å². The van der Waals surface area contributed by atoms with E-state index in [1.54, 1.807) is 6.20 Å². The van der Waals surface area contributed by atoms with Crippen molar-refractivity contribution in [3.8, 4) is 11.5 Å². The Morgan fingerprint density at radius 3 is 2.95 bits per heavy atom. The van der Waals surface area contributed by atoms with Gasteiger partial charge in [0.05, 0.1) is 16.8 Å². The maximum absolute atomic E-state index is 10.4. The van der Waals surface area contributed by atoms with Crippen LogP contribution in [-0.4, -0.2) is 28.1 Å². The Bertz CT molecular complexity index is 642. The zero-order valence-corrected chi connectivity index (χ0v) is 13.3. The Kier molecular flexibility index (Phi) is 4.17. The van der Waals surface area contributed by atoms with Gasteiger partial charge in [-0.05, 0) is 46.1 Å². The van der Waals surface area contributed by atoms with E-state index in [9.17, 15) is 5.11 Å². The standard InChI is InChI=1S/C15H17BrN2O3/c1-2-18-9-10(8-17-18)5-13(19)11-6-12(16)15-14(7-11)20-3-4-21-15/h6-9,13,19H,2-5H2,1H3. The summed E-state index contributed by atoms with van der Waals surface area (Å²) in [4.78, 5) is 0. The summed E-state index contributed by atoms with van der Waals surface area (Å²) in [5, 5.41) is 14.6. The molecule has 5 nitrogen and oxygen atoms in total. The van der Waals surface area contributed by atoms with Gasteiger partial charge < -0.3 is 14.6 Å². The minimum absolute atomic E-state index is 0.520. The number of ether oxygens (including phenoxy) is 2. The zero-order valence-electron chi connectivity index (χ0n) is 11.8. The molecule has 0 spiro atoms. The maximum Gasteiger partial charge on any atom is 0.175 e. The third-order valence-corrected chi connectivity index (χ3v) is 4.03. The van der Waals surface area contributed by atoms with E-state index in [0.29, 0.717) is 31.1 Å². The number of aryl methyl sites for hydroxylation is 1. The Hall–Kier alpha value is -1.53. The fourth-order valence-corrected chi connectivity index (χ4v) is 2.92. The lowest BCUT2D eigenvalue weighted by molar-refractivity contribution is 0.163. The van der Waals surface area contributed by atoms with E-state index >= 15 is 0 Å². The highest BCUT2D eigenvalue weighted by Crippen LogP contribution is 2.40. The first-order chi connectivity index (χ1) is 10.2. The second kappa shape index (κ2) is 6.07. The molecular weight excluding hydrogens is 336 g/mol. The lowest BCUT2D eigenvalue weighted by Crippen LogP contribution is -2.16. The SMILES string of the molecule is CCn1cc(CC(O)c2cc(Br)c3c(c2)OCCO3)cn1. The van der Waals surface area contributed by atoms with Gasteiger partial charge >= 0.3 is 0 Å². The predicted octanol–water partition coefficient (Wildman–Crippen LogP) is 2.71. The molecule has 1 aliphatic heterocycles. The van der Waals surface area contributed by atoms with Crippen molar-refractivity contribution in [1.29, 1.82) is 0 Å². The van der Waals surface area contributed by atoms with Gasteiger partial charge in [0.2, 0.25) is 0 Å². The first-order valence-corrected chi connectivity index (χ1v) is 7.75. The molecule has 2 aromatic rings. The topological polar surface area (TPSA) is 56.5 Å². The smallest absolute Gasteiger partial charge is 0.175 e. The molecule has 1 aromatic heterocycles. The van der Waals surface area contributed by atoms with Crippen LogP contribution in [0, 0.1) is 0 Å². The summed E-state index contributed by atoms with van der Waals surface area (Å²) in [7, 11) is 0. The average Bonchev–Trinajstić information content (AvgIpc) is 2.95. The number of hydrogen-bond acceptors (Lipinski definition) is 4. The molecule has 0 saturated heterocycles. The first kappa shape index (κ1) is 14.4. The van der Waals surface area contributed by atoms with Crippen molar-refractivity contribution in [1.82, 2.24) is 9.78 Å². The summed E-state index contributed by atoms with van der Waals surface area (Å²) in [6.45, 7) is 3.93. The molecule has 1 atom stereocenters. The molecule has 0 saturated carbocycles. The van der Waals surface area contributed by atoms with Crippen molar-refractivity contribution in [2.45, 2.75) is 26.0 Å². The van der Waals surface area contributed by atoms with Crippen molar-refractivity contribution >= 4 is 15.9 Å². The number of benzene rings is 1. The van der Waals surface area contributed by atoms with Crippen LogP contribution in [0.5, 0.6) is 11.5 Å². The van der Waals surface area contributed by atoms with Crippen molar-refractivity contribution in [3.05, 3.63) is 40.1 Å². The number of hydrogen-bond donors (Lipinski definition) is 1. The molecule has 0 aliphatic carbocycles. The van der Waals surface area contributed by atoms with Gasteiger partial charge in [-0.2, -0.15) is 5.10 Å². The Labute approximate surface area is 131 Å². The van der Waals surface area contributed by atoms with Crippen LogP contribution in [0.3, 0.4) is 0 Å². The van der Waals surface area contributed by atoms with E-state index < -0.39 is 6.10 Å². The summed E-state index contributed by atoms with van der Waals surface area (Å²) in [6.07, 6.45) is 3.66. The van der Waals surface area contributed by atoms with Crippen molar-refractivity contribution in [2.75, 3.05) is 13.2 Å². The molecule has 0 bridgehead atoms. The van der Waals surface area contributed by atoms with Gasteiger partial charge in [-0.3, -0.25) is 4.68 Å². The van der Waals surface area contributed by atoms with Crippen LogP contribution in [0.1, 0.15) is 24.2 Å². The number of fused-ring (bicyclic) bond motifs is 1. The van der Waals surface area contributed by atoms with Gasteiger partial charge in [0.25, 0.3) is 0 Å². The highest BCUT2D eigenvalue weighted by molar-refractivity contribution is 9.10. The molecule has 1 aromatic carbocycles. The molecule has 6 heteroatoms. The van der Waals surface area contributed by atoms with Crippen LogP contribution in [0.4, 0.5) is 0 Å². The molecule has 3 rings (SSSR count). The van der Waals surface area contributed by atoms with E-state index in [1.165, 1.54) is 0 Å². The van der Waals surface area contributed by atoms with Crippen LogP contribution >= 0.6 is 15.9 Å². The number of halogens is 1. The fraction of sp³-hybridized carbons (Fsp3) is 0.400. The van der Waals surface area contributed by atoms with E-state index in [1.807, 2.05) is 29.9 Å². The molecule has 1 N–H and O–H groups in total. The molecule has 112 valence electrons. The van der Waals surface area contributed by atoms with Crippen LogP contribution < -0.4 is 9.47 Å². The van der Waals surface area contributed by atoms with Crippen molar-refractivity contribution in [2.24, 2.45) is 0 Å². The maximum atomic E-state index is 10.4. The normalized spacial score (nSPS) is 15.0. The van der Waals surface area contributed by atoms with Gasteiger partial charge in [-0.25, -0.2) is 0 Å². The molecule has 0 radical (unpaired) electrons. The highest BCUT2D eigenvalue weighted by atomic mass is 79.9. The third kappa shape index (κ3) is 3.06. The summed E-state index contributed by atoms with van der Waals surface area (Å²) >= 11 is 3.47. The molecule has 2 heterocycles. The van der Waals surface area contributed by atoms with E-state index in [4.69, 9.17) is 9.47 Å². The summed E-state index contributed by atoms with van der Waals surface area (Å²) < 4.78 is 13.8. The van der Waals surface area contributed by atoms with Crippen molar-refractivity contribution < 1.29 is 14.6 Å². The van der Waals surface area contributed by atoms with Gasteiger partial charge in [0.15, 0.2) is 11.5 Å². The molecule has 1 aliphatic rings. The van der Waals surface area contributed by atoms with Crippen LogP contribution in [0.15, 0.2) is 29.0 Å². The molecule has 0 amide bonds. The third-order valence-electron chi connectivity index (χ3n) is 3.44. The summed E-state index contributed by atoms with van der Waals surface area (Å²) in [5.41, 5.74) is 1.81. The van der Waals surface area contributed by atoms with E-state index in [0.717, 1.165) is 22.1 Å². The molecule has 0 fully saturated rings. The minimum atomic E-state index is -0.605. The first-order valence-electron chi connectivity index (χ1n) is 6.96. The van der Waals surface area contributed by atoms with E-state index in [-0.39, 0.29) is 0 Å². The monoisotopic (exact) mass is 352 g/mol. The number of aromatic nitrogens is 2. The van der Waals surface area contributed by atoms with Crippen LogP contribution in [-0.2, 0) is 13.0 Å². The quantitative estimate of drug-likeness (QED) is 0.918. The second-order valence-electron chi connectivity index (χ2n) is 4.95. The van der Waals surface area contributed by atoms with E-state index in [2.05, 4.69) is 21.0 Å². The molecule has 1 unspecified atom stereocenters. The van der Waals surface area contributed by atoms with Gasteiger partial charge in [-0.15, -0.1) is 0 Å². The van der Waals surface area contributed by atoms with Gasteiger partial charge in [0, 0.05) is 19.2 Å². The highest BCUT2D eigenvalue weighted by Gasteiger charge is 2.19. The average molecular weight is 353 g/mol. The Morgan fingerprint density at radius 2 is 2.19 bits per heavy atom.